The lowest BCUT2D eigenvalue weighted by Crippen LogP contribution is -2.25. The molecule has 1 aromatic carbocycles. The molecule has 0 aromatic heterocycles. The molecule has 2 unspecified atom stereocenters. The molecule has 0 amide bonds. The molecule has 1 aromatic rings. The number of nitrogens with zero attached hydrogens (tertiary/aromatic N) is 1. The standard InChI is InChI=1S/C16H22BrN/c17-11-15-6-7-16(10-15)8-9-18(13-16)12-14-4-2-1-3-5-14/h1-5,15H,6-13H2. The summed E-state index contributed by atoms with van der Waals surface area (Å²) >= 11 is 3.66. The lowest BCUT2D eigenvalue weighted by Gasteiger charge is -2.24. The minimum atomic E-state index is 0.660. The first kappa shape index (κ1) is 12.7. The van der Waals surface area contributed by atoms with E-state index in [-0.39, 0.29) is 0 Å². The average molecular weight is 308 g/mol. The van der Waals surface area contributed by atoms with Gasteiger partial charge < -0.3 is 0 Å². The van der Waals surface area contributed by atoms with Gasteiger partial charge in [-0.15, -0.1) is 0 Å². The summed E-state index contributed by atoms with van der Waals surface area (Å²) in [7, 11) is 0. The summed E-state index contributed by atoms with van der Waals surface area (Å²) in [6.07, 6.45) is 5.76. The number of hydrogen-bond donors (Lipinski definition) is 0. The van der Waals surface area contributed by atoms with Crippen molar-refractivity contribution in [1.82, 2.24) is 4.90 Å². The van der Waals surface area contributed by atoms with Crippen LogP contribution in [0.4, 0.5) is 0 Å². The van der Waals surface area contributed by atoms with E-state index in [1.54, 1.807) is 0 Å². The zero-order chi connectivity index (χ0) is 12.4. The summed E-state index contributed by atoms with van der Waals surface area (Å²) in [5.41, 5.74) is 2.12. The summed E-state index contributed by atoms with van der Waals surface area (Å²) in [5, 5.41) is 1.20. The summed E-state index contributed by atoms with van der Waals surface area (Å²) in [5.74, 6) is 0.932. The summed E-state index contributed by atoms with van der Waals surface area (Å²) < 4.78 is 0. The van der Waals surface area contributed by atoms with E-state index >= 15 is 0 Å². The fourth-order valence-corrected chi connectivity index (χ4v) is 4.39. The van der Waals surface area contributed by atoms with E-state index in [0.29, 0.717) is 5.41 Å². The Morgan fingerprint density at radius 1 is 1.22 bits per heavy atom. The van der Waals surface area contributed by atoms with Crippen LogP contribution in [-0.4, -0.2) is 23.3 Å². The average Bonchev–Trinajstić information content (AvgIpc) is 2.99. The molecule has 1 aliphatic heterocycles. The smallest absolute Gasteiger partial charge is 0.0233 e. The van der Waals surface area contributed by atoms with E-state index in [1.807, 2.05) is 0 Å². The van der Waals surface area contributed by atoms with E-state index in [2.05, 4.69) is 51.2 Å². The molecule has 2 aliphatic rings. The predicted molar refractivity (Wildman–Crippen MR) is 79.9 cm³/mol. The van der Waals surface area contributed by atoms with Gasteiger partial charge in [0.05, 0.1) is 0 Å². The molecule has 1 aliphatic carbocycles. The second-order valence-electron chi connectivity index (χ2n) is 6.21. The minimum Gasteiger partial charge on any atom is -0.299 e. The van der Waals surface area contributed by atoms with Crippen LogP contribution in [0.1, 0.15) is 31.2 Å². The Morgan fingerprint density at radius 2 is 2.06 bits per heavy atom. The van der Waals surface area contributed by atoms with Crippen molar-refractivity contribution in [3.8, 4) is 0 Å². The van der Waals surface area contributed by atoms with Crippen molar-refractivity contribution in [2.24, 2.45) is 11.3 Å². The van der Waals surface area contributed by atoms with E-state index < -0.39 is 0 Å². The number of alkyl halides is 1. The van der Waals surface area contributed by atoms with Crippen LogP contribution in [0.15, 0.2) is 30.3 Å². The summed E-state index contributed by atoms with van der Waals surface area (Å²) in [6.45, 7) is 3.76. The van der Waals surface area contributed by atoms with Gasteiger partial charge in [0.1, 0.15) is 0 Å². The Balaban J connectivity index is 1.59. The van der Waals surface area contributed by atoms with Crippen molar-refractivity contribution < 1.29 is 0 Å². The van der Waals surface area contributed by atoms with Crippen LogP contribution in [-0.2, 0) is 6.54 Å². The monoisotopic (exact) mass is 307 g/mol. The van der Waals surface area contributed by atoms with Crippen LogP contribution in [0.3, 0.4) is 0 Å². The molecule has 1 saturated heterocycles. The van der Waals surface area contributed by atoms with Crippen molar-refractivity contribution >= 4 is 15.9 Å². The fraction of sp³-hybridized carbons (Fsp3) is 0.625. The third kappa shape index (κ3) is 2.65. The Hall–Kier alpha value is -0.340. The Morgan fingerprint density at radius 3 is 2.78 bits per heavy atom. The highest BCUT2D eigenvalue weighted by Gasteiger charge is 2.43. The highest BCUT2D eigenvalue weighted by Crippen LogP contribution is 2.48. The number of halogens is 1. The van der Waals surface area contributed by atoms with Crippen LogP contribution >= 0.6 is 15.9 Å². The molecular formula is C16H22BrN. The number of rotatable bonds is 3. The van der Waals surface area contributed by atoms with E-state index in [0.717, 1.165) is 12.5 Å². The largest absolute Gasteiger partial charge is 0.299 e. The van der Waals surface area contributed by atoms with E-state index in [4.69, 9.17) is 0 Å². The lowest BCUT2D eigenvalue weighted by atomic mass is 9.85. The van der Waals surface area contributed by atoms with E-state index in [9.17, 15) is 0 Å². The molecule has 18 heavy (non-hydrogen) atoms. The summed E-state index contributed by atoms with van der Waals surface area (Å²) in [4.78, 5) is 2.66. The number of likely N-dealkylation sites (tertiary alicyclic amines) is 1. The quantitative estimate of drug-likeness (QED) is 0.761. The topological polar surface area (TPSA) is 3.24 Å². The molecule has 2 heteroatoms. The third-order valence-electron chi connectivity index (χ3n) is 4.79. The molecule has 2 atom stereocenters. The van der Waals surface area contributed by atoms with Crippen molar-refractivity contribution in [3.05, 3.63) is 35.9 Å². The maximum Gasteiger partial charge on any atom is 0.0233 e. The molecule has 98 valence electrons. The highest BCUT2D eigenvalue weighted by atomic mass is 79.9. The molecule has 0 bridgehead atoms. The van der Waals surface area contributed by atoms with Gasteiger partial charge in [0.25, 0.3) is 0 Å². The van der Waals surface area contributed by atoms with Crippen LogP contribution < -0.4 is 0 Å². The molecule has 0 radical (unpaired) electrons. The molecule has 3 rings (SSSR count). The maximum atomic E-state index is 3.66. The van der Waals surface area contributed by atoms with Crippen molar-refractivity contribution in [3.63, 3.8) is 0 Å². The summed E-state index contributed by atoms with van der Waals surface area (Å²) in [6, 6.07) is 10.9. The van der Waals surface area contributed by atoms with Crippen molar-refractivity contribution in [2.75, 3.05) is 18.4 Å². The number of hydrogen-bond acceptors (Lipinski definition) is 1. The van der Waals surface area contributed by atoms with Gasteiger partial charge in [0.15, 0.2) is 0 Å². The Bertz CT molecular complexity index is 391. The second-order valence-corrected chi connectivity index (χ2v) is 6.86. The van der Waals surface area contributed by atoms with Crippen LogP contribution in [0.25, 0.3) is 0 Å². The fourth-order valence-electron chi connectivity index (χ4n) is 3.83. The molecule has 1 spiro atoms. The highest BCUT2D eigenvalue weighted by molar-refractivity contribution is 9.09. The zero-order valence-corrected chi connectivity index (χ0v) is 12.5. The Kier molecular flexibility index (Phi) is 3.76. The van der Waals surface area contributed by atoms with Gasteiger partial charge in [0.2, 0.25) is 0 Å². The first-order chi connectivity index (χ1) is 8.80. The zero-order valence-electron chi connectivity index (χ0n) is 10.9. The lowest BCUT2D eigenvalue weighted by molar-refractivity contribution is 0.251. The first-order valence-corrected chi connectivity index (χ1v) is 8.24. The second kappa shape index (κ2) is 5.34. The molecule has 1 saturated carbocycles. The van der Waals surface area contributed by atoms with Gasteiger partial charge in [-0.2, -0.15) is 0 Å². The minimum absolute atomic E-state index is 0.660. The van der Waals surface area contributed by atoms with Gasteiger partial charge in [0, 0.05) is 18.4 Å². The van der Waals surface area contributed by atoms with Gasteiger partial charge in [-0.25, -0.2) is 0 Å². The first-order valence-electron chi connectivity index (χ1n) is 7.12. The maximum absolute atomic E-state index is 3.66. The third-order valence-corrected chi connectivity index (χ3v) is 5.70. The van der Waals surface area contributed by atoms with Gasteiger partial charge >= 0.3 is 0 Å². The number of benzene rings is 1. The molecule has 0 N–H and O–H groups in total. The van der Waals surface area contributed by atoms with Crippen molar-refractivity contribution in [1.29, 1.82) is 0 Å². The van der Waals surface area contributed by atoms with Gasteiger partial charge in [-0.3, -0.25) is 4.90 Å². The molecule has 1 heterocycles. The van der Waals surface area contributed by atoms with E-state index in [1.165, 1.54) is 49.7 Å². The van der Waals surface area contributed by atoms with Gasteiger partial charge in [-0.1, -0.05) is 46.3 Å². The van der Waals surface area contributed by atoms with Crippen molar-refractivity contribution in [2.45, 2.75) is 32.2 Å². The van der Waals surface area contributed by atoms with Crippen LogP contribution in [0, 0.1) is 11.3 Å². The Labute approximate surface area is 119 Å². The normalized spacial score (nSPS) is 32.4. The van der Waals surface area contributed by atoms with Gasteiger partial charge in [-0.05, 0) is 49.1 Å². The SMILES string of the molecule is BrCC1CCC2(CCN(Cc3ccccc3)C2)C1. The van der Waals surface area contributed by atoms with Crippen LogP contribution in [0.5, 0.6) is 0 Å². The van der Waals surface area contributed by atoms with Crippen LogP contribution in [0.2, 0.25) is 0 Å². The molecular weight excluding hydrogens is 286 g/mol. The predicted octanol–water partition coefficient (Wildman–Crippen LogP) is 4.07. The molecule has 2 fully saturated rings. The molecule has 1 nitrogen and oxygen atoms in total.